The molecule has 0 aliphatic rings. The molecule has 0 aliphatic carbocycles. The summed E-state index contributed by atoms with van der Waals surface area (Å²) in [4.78, 5) is 4.37. The molecule has 1 aromatic heterocycles. The van der Waals surface area contributed by atoms with Crippen LogP contribution in [0.1, 0.15) is 12.5 Å². The fourth-order valence-corrected chi connectivity index (χ4v) is 2.62. The van der Waals surface area contributed by atoms with Gasteiger partial charge in [-0.25, -0.2) is 0 Å². The fourth-order valence-electron chi connectivity index (χ4n) is 1.44. The quantitative estimate of drug-likeness (QED) is 0.695. The van der Waals surface area contributed by atoms with Crippen LogP contribution in [0.3, 0.4) is 0 Å². The number of rotatable bonds is 1. The highest BCUT2D eigenvalue weighted by Crippen LogP contribution is 2.27. The predicted octanol–water partition coefficient (Wildman–Crippen LogP) is 4.16. The second kappa shape index (κ2) is 4.14. The van der Waals surface area contributed by atoms with Crippen LogP contribution in [0.4, 0.5) is 0 Å². The van der Waals surface area contributed by atoms with E-state index < -0.39 is 0 Å². The van der Waals surface area contributed by atoms with E-state index in [1.165, 1.54) is 14.5 Å². The summed E-state index contributed by atoms with van der Waals surface area (Å²) < 4.78 is 2.34. The predicted molar refractivity (Wildman–Crippen MR) is 71.5 cm³/mol. The Morgan fingerprint density at radius 1 is 1.43 bits per heavy atom. The average molecular weight is 362 g/mol. The number of aromatic nitrogens is 1. The minimum Gasteiger partial charge on any atom is -0.255 e. The monoisotopic (exact) mass is 361 g/mol. The first-order chi connectivity index (χ1) is 6.72. The maximum Gasteiger partial charge on any atom is 0.0854 e. The molecule has 0 radical (unpaired) electrons. The molecule has 0 bridgehead atoms. The van der Waals surface area contributed by atoms with Crippen molar-refractivity contribution in [3.63, 3.8) is 0 Å². The lowest BCUT2D eigenvalue weighted by Crippen LogP contribution is -1.87. The second-order valence-electron chi connectivity index (χ2n) is 3.12. The zero-order valence-electron chi connectivity index (χ0n) is 7.72. The second-order valence-corrected chi connectivity index (χ2v) is 5.14. The standard InChI is InChI=1S/C11H9BrIN/c1-2-7-5-8-10(13)3-4-14-11(8)9(12)6-7/h3-6H,2H2,1H3. The van der Waals surface area contributed by atoms with Crippen molar-refractivity contribution >= 4 is 49.4 Å². The molecule has 14 heavy (non-hydrogen) atoms. The Bertz CT molecular complexity index is 482. The number of fused-ring (bicyclic) bond motifs is 1. The Balaban J connectivity index is 2.83. The molecule has 0 N–H and O–H groups in total. The molecule has 1 nitrogen and oxygen atoms in total. The number of hydrogen-bond acceptors (Lipinski definition) is 1. The van der Waals surface area contributed by atoms with Crippen molar-refractivity contribution in [2.75, 3.05) is 0 Å². The summed E-state index contributed by atoms with van der Waals surface area (Å²) in [7, 11) is 0. The molecule has 1 heterocycles. The van der Waals surface area contributed by atoms with E-state index in [1.807, 2.05) is 12.3 Å². The van der Waals surface area contributed by atoms with E-state index in [0.717, 1.165) is 16.4 Å². The van der Waals surface area contributed by atoms with Crippen LogP contribution < -0.4 is 0 Å². The van der Waals surface area contributed by atoms with Gasteiger partial charge in [0.05, 0.1) is 5.52 Å². The largest absolute Gasteiger partial charge is 0.255 e. The third-order valence-electron chi connectivity index (χ3n) is 2.21. The van der Waals surface area contributed by atoms with Crippen molar-refractivity contribution in [1.82, 2.24) is 4.98 Å². The highest BCUT2D eigenvalue weighted by atomic mass is 127. The van der Waals surface area contributed by atoms with Crippen LogP contribution in [0.25, 0.3) is 10.9 Å². The number of benzene rings is 1. The number of hydrogen-bond donors (Lipinski definition) is 0. The Kier molecular flexibility index (Phi) is 3.07. The van der Waals surface area contributed by atoms with Crippen LogP contribution in [0.2, 0.25) is 0 Å². The van der Waals surface area contributed by atoms with Gasteiger partial charge in [0.15, 0.2) is 0 Å². The summed E-state index contributed by atoms with van der Waals surface area (Å²) in [5.41, 5.74) is 2.39. The highest BCUT2D eigenvalue weighted by Gasteiger charge is 2.04. The molecular weight excluding hydrogens is 353 g/mol. The lowest BCUT2D eigenvalue weighted by Gasteiger charge is -2.05. The van der Waals surface area contributed by atoms with E-state index in [4.69, 9.17) is 0 Å². The van der Waals surface area contributed by atoms with E-state index in [0.29, 0.717) is 0 Å². The smallest absolute Gasteiger partial charge is 0.0854 e. The number of pyridine rings is 1. The van der Waals surface area contributed by atoms with Gasteiger partial charge in [0, 0.05) is 19.6 Å². The van der Waals surface area contributed by atoms with Gasteiger partial charge in [0.2, 0.25) is 0 Å². The van der Waals surface area contributed by atoms with Gasteiger partial charge in [-0.05, 0) is 68.7 Å². The van der Waals surface area contributed by atoms with Crippen LogP contribution in [0, 0.1) is 3.57 Å². The van der Waals surface area contributed by atoms with Gasteiger partial charge in [-0.2, -0.15) is 0 Å². The summed E-state index contributed by atoms with van der Waals surface area (Å²) in [6, 6.07) is 6.40. The molecule has 1 aromatic carbocycles. The van der Waals surface area contributed by atoms with Crippen LogP contribution in [0.15, 0.2) is 28.9 Å². The maximum atomic E-state index is 4.37. The summed E-state index contributed by atoms with van der Waals surface area (Å²) >= 11 is 5.90. The average Bonchev–Trinajstić information content (AvgIpc) is 2.19. The van der Waals surface area contributed by atoms with Crippen molar-refractivity contribution in [2.45, 2.75) is 13.3 Å². The van der Waals surface area contributed by atoms with Gasteiger partial charge in [-0.15, -0.1) is 0 Å². The Hall–Kier alpha value is -0.160. The van der Waals surface area contributed by atoms with Crippen molar-refractivity contribution in [1.29, 1.82) is 0 Å². The molecule has 3 heteroatoms. The summed E-state index contributed by atoms with van der Waals surface area (Å²) in [5.74, 6) is 0. The maximum absolute atomic E-state index is 4.37. The SMILES string of the molecule is CCc1cc(Br)c2nccc(I)c2c1. The van der Waals surface area contributed by atoms with E-state index in [1.54, 1.807) is 0 Å². The molecule has 0 amide bonds. The van der Waals surface area contributed by atoms with Gasteiger partial charge in [-0.1, -0.05) is 6.92 Å². The topological polar surface area (TPSA) is 12.9 Å². The Morgan fingerprint density at radius 3 is 2.93 bits per heavy atom. The van der Waals surface area contributed by atoms with Gasteiger partial charge < -0.3 is 0 Å². The lowest BCUT2D eigenvalue weighted by atomic mass is 10.1. The molecule has 0 saturated heterocycles. The van der Waals surface area contributed by atoms with Crippen molar-refractivity contribution in [3.05, 3.63) is 38.0 Å². The first kappa shape index (κ1) is 10.4. The summed E-state index contributed by atoms with van der Waals surface area (Å²) in [6.07, 6.45) is 2.90. The first-order valence-corrected chi connectivity index (χ1v) is 6.32. The van der Waals surface area contributed by atoms with E-state index >= 15 is 0 Å². The highest BCUT2D eigenvalue weighted by molar-refractivity contribution is 14.1. The number of nitrogens with zero attached hydrogens (tertiary/aromatic N) is 1. The summed E-state index contributed by atoms with van der Waals surface area (Å²) in [6.45, 7) is 2.16. The van der Waals surface area contributed by atoms with Gasteiger partial charge in [0.1, 0.15) is 0 Å². The molecule has 2 aromatic rings. The van der Waals surface area contributed by atoms with Crippen LogP contribution >= 0.6 is 38.5 Å². The van der Waals surface area contributed by atoms with Crippen LogP contribution in [-0.4, -0.2) is 4.98 Å². The molecule has 72 valence electrons. The van der Waals surface area contributed by atoms with Crippen LogP contribution in [0.5, 0.6) is 0 Å². The molecule has 2 rings (SSSR count). The Labute approximate surface area is 105 Å². The minimum atomic E-state index is 1.05. The number of halogens is 2. The molecule has 0 fully saturated rings. The Morgan fingerprint density at radius 2 is 2.21 bits per heavy atom. The fraction of sp³-hybridized carbons (Fsp3) is 0.182. The zero-order valence-corrected chi connectivity index (χ0v) is 11.5. The molecular formula is C11H9BrIN. The first-order valence-electron chi connectivity index (χ1n) is 4.45. The van der Waals surface area contributed by atoms with Gasteiger partial charge in [-0.3, -0.25) is 4.98 Å². The molecule has 0 spiro atoms. The third-order valence-corrected chi connectivity index (χ3v) is 3.76. The molecule has 0 atom stereocenters. The van der Waals surface area contributed by atoms with Crippen molar-refractivity contribution < 1.29 is 0 Å². The van der Waals surface area contributed by atoms with E-state index in [-0.39, 0.29) is 0 Å². The third kappa shape index (κ3) is 1.80. The molecule has 0 unspecified atom stereocenters. The molecule has 0 saturated carbocycles. The minimum absolute atomic E-state index is 1.05. The van der Waals surface area contributed by atoms with Crippen molar-refractivity contribution in [3.8, 4) is 0 Å². The summed E-state index contributed by atoms with van der Waals surface area (Å²) in [5, 5.41) is 1.24. The lowest BCUT2D eigenvalue weighted by molar-refractivity contribution is 1.14. The normalized spacial score (nSPS) is 10.8. The molecule has 0 aliphatic heterocycles. The van der Waals surface area contributed by atoms with E-state index in [9.17, 15) is 0 Å². The van der Waals surface area contributed by atoms with Gasteiger partial charge >= 0.3 is 0 Å². The van der Waals surface area contributed by atoms with Crippen molar-refractivity contribution in [2.24, 2.45) is 0 Å². The van der Waals surface area contributed by atoms with E-state index in [2.05, 4.69) is 62.6 Å². The van der Waals surface area contributed by atoms with Crippen LogP contribution in [-0.2, 0) is 6.42 Å². The van der Waals surface area contributed by atoms with Gasteiger partial charge in [0.25, 0.3) is 0 Å². The zero-order chi connectivity index (χ0) is 10.1. The number of aryl methyl sites for hydroxylation is 1.